The van der Waals surface area contributed by atoms with E-state index in [1.54, 1.807) is 14.2 Å². The van der Waals surface area contributed by atoms with Gasteiger partial charge in [0.1, 0.15) is 24.7 Å². The van der Waals surface area contributed by atoms with Crippen molar-refractivity contribution in [2.75, 3.05) is 40.6 Å². The fraction of sp³-hybridized carbons (Fsp3) is 0.333. The highest BCUT2D eigenvalue weighted by Crippen LogP contribution is 2.22. The molecule has 0 unspecified atom stereocenters. The van der Waals surface area contributed by atoms with Gasteiger partial charge in [-0.15, -0.1) is 0 Å². The van der Waals surface area contributed by atoms with Crippen LogP contribution in [0.25, 0.3) is 11.6 Å². The first kappa shape index (κ1) is 19.0. The second-order valence-corrected chi connectivity index (χ2v) is 5.60. The van der Waals surface area contributed by atoms with Crippen LogP contribution in [-0.2, 0) is 9.47 Å². The van der Waals surface area contributed by atoms with Crippen molar-refractivity contribution < 1.29 is 18.9 Å². The Morgan fingerprint density at radius 3 is 1.68 bits per heavy atom. The van der Waals surface area contributed by atoms with Gasteiger partial charge in [-0.3, -0.25) is 0 Å². The maximum absolute atomic E-state index is 5.59. The lowest BCUT2D eigenvalue weighted by molar-refractivity contribution is 0.146. The minimum absolute atomic E-state index is 0.559. The molecule has 0 aliphatic carbocycles. The van der Waals surface area contributed by atoms with Gasteiger partial charge in [0.05, 0.1) is 13.2 Å². The van der Waals surface area contributed by atoms with Crippen molar-refractivity contribution in [1.29, 1.82) is 0 Å². The Morgan fingerprint density at radius 1 is 0.720 bits per heavy atom. The van der Waals surface area contributed by atoms with Crippen LogP contribution >= 0.6 is 0 Å². The first-order valence-electron chi connectivity index (χ1n) is 8.35. The fourth-order valence-electron chi connectivity index (χ4n) is 2.29. The maximum atomic E-state index is 5.59. The first-order chi connectivity index (χ1) is 12.2. The smallest absolute Gasteiger partial charge is 0.119 e. The standard InChI is InChI=1S/C21H26O4/c1-17(19-6-10-21(11-7-19)25-15-13-23-3)16-18-4-8-20(9-5-18)24-14-12-22-2/h4-11,16H,12-15H2,1-3H3/b17-16+. The van der Waals surface area contributed by atoms with E-state index in [-0.39, 0.29) is 0 Å². The second-order valence-electron chi connectivity index (χ2n) is 5.60. The molecule has 0 heterocycles. The van der Waals surface area contributed by atoms with E-state index in [9.17, 15) is 0 Å². The highest BCUT2D eigenvalue weighted by molar-refractivity contribution is 5.80. The molecule has 2 aromatic rings. The zero-order valence-electron chi connectivity index (χ0n) is 15.2. The summed E-state index contributed by atoms with van der Waals surface area (Å²) in [6.07, 6.45) is 2.15. The summed E-state index contributed by atoms with van der Waals surface area (Å²) in [4.78, 5) is 0. The molecule has 0 atom stereocenters. The minimum Gasteiger partial charge on any atom is -0.491 e. The lowest BCUT2D eigenvalue weighted by Crippen LogP contribution is -2.04. The average molecular weight is 342 g/mol. The third kappa shape index (κ3) is 6.61. The summed E-state index contributed by atoms with van der Waals surface area (Å²) < 4.78 is 21.1. The summed E-state index contributed by atoms with van der Waals surface area (Å²) in [5.74, 6) is 1.70. The molecule has 4 nitrogen and oxygen atoms in total. The Kier molecular flexibility index (Phi) is 8.02. The monoisotopic (exact) mass is 342 g/mol. The molecule has 0 aliphatic heterocycles. The Balaban J connectivity index is 1.95. The number of rotatable bonds is 10. The number of allylic oxidation sites excluding steroid dienone is 1. The summed E-state index contributed by atoms with van der Waals surface area (Å²) in [6.45, 7) is 4.40. The Bertz CT molecular complexity index is 645. The van der Waals surface area contributed by atoms with E-state index in [0.717, 1.165) is 17.1 Å². The molecule has 0 aromatic heterocycles. The molecule has 25 heavy (non-hydrogen) atoms. The molecule has 0 amide bonds. The third-order valence-electron chi connectivity index (χ3n) is 3.69. The van der Waals surface area contributed by atoms with E-state index >= 15 is 0 Å². The van der Waals surface area contributed by atoms with Crippen LogP contribution in [0.1, 0.15) is 18.1 Å². The van der Waals surface area contributed by atoms with Gasteiger partial charge in [0.25, 0.3) is 0 Å². The minimum atomic E-state index is 0.559. The highest BCUT2D eigenvalue weighted by atomic mass is 16.5. The normalized spacial score (nSPS) is 11.4. The molecular formula is C21H26O4. The van der Waals surface area contributed by atoms with Crippen LogP contribution < -0.4 is 9.47 Å². The van der Waals surface area contributed by atoms with E-state index in [0.29, 0.717) is 26.4 Å². The molecule has 0 radical (unpaired) electrons. The lowest BCUT2D eigenvalue weighted by atomic mass is 10.0. The summed E-state index contributed by atoms with van der Waals surface area (Å²) in [5.41, 5.74) is 3.49. The maximum Gasteiger partial charge on any atom is 0.119 e. The Morgan fingerprint density at radius 2 is 1.20 bits per heavy atom. The summed E-state index contributed by atoms with van der Waals surface area (Å²) >= 11 is 0. The number of methoxy groups -OCH3 is 2. The molecule has 2 rings (SSSR count). The summed E-state index contributed by atoms with van der Waals surface area (Å²) in [7, 11) is 3.33. The molecule has 0 N–H and O–H groups in total. The van der Waals surface area contributed by atoms with E-state index in [2.05, 4.69) is 25.1 Å². The molecule has 0 fully saturated rings. The number of benzene rings is 2. The molecule has 0 spiro atoms. The van der Waals surface area contributed by atoms with Gasteiger partial charge in [-0.25, -0.2) is 0 Å². The number of hydrogen-bond acceptors (Lipinski definition) is 4. The van der Waals surface area contributed by atoms with Crippen LogP contribution in [0.4, 0.5) is 0 Å². The predicted octanol–water partition coefficient (Wildman–Crippen LogP) is 4.30. The van der Waals surface area contributed by atoms with E-state index < -0.39 is 0 Å². The zero-order chi connectivity index (χ0) is 17.9. The van der Waals surface area contributed by atoms with Gasteiger partial charge in [0.2, 0.25) is 0 Å². The quantitative estimate of drug-likeness (QED) is 0.476. The summed E-state index contributed by atoms with van der Waals surface area (Å²) in [6, 6.07) is 16.1. The van der Waals surface area contributed by atoms with Gasteiger partial charge in [0, 0.05) is 14.2 Å². The van der Waals surface area contributed by atoms with Crippen molar-refractivity contribution in [2.24, 2.45) is 0 Å². The van der Waals surface area contributed by atoms with E-state index in [1.807, 2.05) is 36.4 Å². The lowest BCUT2D eigenvalue weighted by Gasteiger charge is -2.08. The van der Waals surface area contributed by atoms with Crippen molar-refractivity contribution in [3.63, 3.8) is 0 Å². The Labute approximate surface area is 150 Å². The molecule has 0 saturated carbocycles. The van der Waals surface area contributed by atoms with Crippen LogP contribution in [0.3, 0.4) is 0 Å². The van der Waals surface area contributed by atoms with E-state index in [1.165, 1.54) is 11.1 Å². The molecule has 0 aliphatic rings. The molecule has 2 aromatic carbocycles. The van der Waals surface area contributed by atoms with Gasteiger partial charge in [-0.2, -0.15) is 0 Å². The molecule has 4 heteroatoms. The van der Waals surface area contributed by atoms with E-state index in [4.69, 9.17) is 18.9 Å². The molecule has 0 bridgehead atoms. The van der Waals surface area contributed by atoms with Crippen LogP contribution in [0.2, 0.25) is 0 Å². The third-order valence-corrected chi connectivity index (χ3v) is 3.69. The fourth-order valence-corrected chi connectivity index (χ4v) is 2.29. The number of hydrogen-bond donors (Lipinski definition) is 0. The summed E-state index contributed by atoms with van der Waals surface area (Å²) in [5, 5.41) is 0. The molecular weight excluding hydrogens is 316 g/mol. The van der Waals surface area contributed by atoms with Gasteiger partial charge in [-0.1, -0.05) is 30.3 Å². The zero-order valence-corrected chi connectivity index (χ0v) is 15.2. The number of ether oxygens (including phenoxy) is 4. The van der Waals surface area contributed by atoms with Crippen molar-refractivity contribution in [3.8, 4) is 11.5 Å². The van der Waals surface area contributed by atoms with Crippen LogP contribution in [0, 0.1) is 0 Å². The van der Waals surface area contributed by atoms with Crippen molar-refractivity contribution in [2.45, 2.75) is 6.92 Å². The largest absolute Gasteiger partial charge is 0.491 e. The van der Waals surface area contributed by atoms with Crippen molar-refractivity contribution >= 4 is 11.6 Å². The SMILES string of the molecule is COCCOc1ccc(/C=C(\C)c2ccc(OCCOC)cc2)cc1. The van der Waals surface area contributed by atoms with Crippen LogP contribution in [0.5, 0.6) is 11.5 Å². The van der Waals surface area contributed by atoms with Crippen LogP contribution in [-0.4, -0.2) is 40.6 Å². The van der Waals surface area contributed by atoms with Crippen molar-refractivity contribution in [1.82, 2.24) is 0 Å². The molecule has 0 saturated heterocycles. The van der Waals surface area contributed by atoms with Crippen molar-refractivity contribution in [3.05, 3.63) is 59.7 Å². The van der Waals surface area contributed by atoms with Gasteiger partial charge >= 0.3 is 0 Å². The predicted molar refractivity (Wildman–Crippen MR) is 101 cm³/mol. The van der Waals surface area contributed by atoms with Gasteiger partial charge in [0.15, 0.2) is 0 Å². The van der Waals surface area contributed by atoms with Gasteiger partial charge in [-0.05, 0) is 47.9 Å². The Hall–Kier alpha value is -2.30. The van der Waals surface area contributed by atoms with Gasteiger partial charge < -0.3 is 18.9 Å². The van der Waals surface area contributed by atoms with Crippen LogP contribution in [0.15, 0.2) is 48.5 Å². The molecule has 134 valence electrons. The average Bonchev–Trinajstić information content (AvgIpc) is 2.64. The highest BCUT2D eigenvalue weighted by Gasteiger charge is 1.99. The first-order valence-corrected chi connectivity index (χ1v) is 8.35. The topological polar surface area (TPSA) is 36.9 Å². The second kappa shape index (κ2) is 10.5.